The molecule has 0 unspecified atom stereocenters. The number of aryl methyl sites for hydroxylation is 2. The van der Waals surface area contributed by atoms with Crippen LogP contribution in [0.4, 0.5) is 17.2 Å². The van der Waals surface area contributed by atoms with Gasteiger partial charge in [-0.15, -0.1) is 11.3 Å². The van der Waals surface area contributed by atoms with Gasteiger partial charge in [-0.05, 0) is 31.5 Å². The van der Waals surface area contributed by atoms with Crippen molar-refractivity contribution in [2.45, 2.75) is 13.8 Å². The van der Waals surface area contributed by atoms with Gasteiger partial charge in [0.2, 0.25) is 0 Å². The highest BCUT2D eigenvalue weighted by atomic mass is 35.5. The smallest absolute Gasteiger partial charge is 0.289 e. The summed E-state index contributed by atoms with van der Waals surface area (Å²) < 4.78 is 0. The Morgan fingerprint density at radius 1 is 1.32 bits per heavy atom. The summed E-state index contributed by atoms with van der Waals surface area (Å²) in [5.41, 5.74) is 1.51. The minimum Gasteiger partial charge on any atom is -0.339 e. The standard InChI is InChI=1S/C14H11ClN4O2S/c1-7-8(2)22-14-12(7)13(16-6-17-14)18-9-3-4-10(15)11(5-9)19(20)21/h3-6H,1-2H3,(H,16,17,18). The highest BCUT2D eigenvalue weighted by Crippen LogP contribution is 2.35. The molecule has 0 saturated heterocycles. The van der Waals surface area contributed by atoms with Crippen LogP contribution < -0.4 is 5.32 Å². The van der Waals surface area contributed by atoms with Gasteiger partial charge in [-0.2, -0.15) is 0 Å². The lowest BCUT2D eigenvalue weighted by Gasteiger charge is -2.07. The molecule has 2 heterocycles. The Hall–Kier alpha value is -2.25. The number of nitro benzene ring substituents is 1. The van der Waals surface area contributed by atoms with E-state index in [-0.39, 0.29) is 10.7 Å². The maximum Gasteiger partial charge on any atom is 0.289 e. The normalized spacial score (nSPS) is 10.9. The molecule has 6 nitrogen and oxygen atoms in total. The van der Waals surface area contributed by atoms with Gasteiger partial charge in [0.15, 0.2) is 0 Å². The Balaban J connectivity index is 2.07. The number of thiophene rings is 1. The summed E-state index contributed by atoms with van der Waals surface area (Å²) in [5.74, 6) is 0.628. The molecule has 3 rings (SSSR count). The number of hydrogen-bond donors (Lipinski definition) is 1. The fraction of sp³-hybridized carbons (Fsp3) is 0.143. The molecule has 1 aromatic carbocycles. The minimum absolute atomic E-state index is 0.103. The monoisotopic (exact) mass is 334 g/mol. The molecular formula is C14H11ClN4O2S. The van der Waals surface area contributed by atoms with Crippen LogP contribution in [0.5, 0.6) is 0 Å². The van der Waals surface area contributed by atoms with Crippen LogP contribution in [0.3, 0.4) is 0 Å². The van der Waals surface area contributed by atoms with E-state index in [1.165, 1.54) is 23.3 Å². The first-order valence-electron chi connectivity index (χ1n) is 6.39. The summed E-state index contributed by atoms with van der Waals surface area (Å²) in [4.78, 5) is 21.0. The second kappa shape index (κ2) is 5.51. The number of hydrogen-bond acceptors (Lipinski definition) is 6. The van der Waals surface area contributed by atoms with Gasteiger partial charge in [-0.3, -0.25) is 10.1 Å². The number of fused-ring (bicyclic) bond motifs is 1. The molecule has 3 aromatic rings. The van der Waals surface area contributed by atoms with Crippen LogP contribution in [-0.4, -0.2) is 14.9 Å². The molecule has 0 amide bonds. The largest absolute Gasteiger partial charge is 0.339 e. The van der Waals surface area contributed by atoms with E-state index in [0.29, 0.717) is 11.5 Å². The van der Waals surface area contributed by atoms with Crippen molar-refractivity contribution in [1.29, 1.82) is 0 Å². The third-order valence-electron chi connectivity index (χ3n) is 3.37. The Kier molecular flexibility index (Phi) is 3.67. The predicted octanol–water partition coefficient (Wildman–Crippen LogP) is 4.61. The molecule has 112 valence electrons. The van der Waals surface area contributed by atoms with Crippen LogP contribution in [0.2, 0.25) is 5.02 Å². The van der Waals surface area contributed by atoms with Crippen LogP contribution >= 0.6 is 22.9 Å². The molecule has 0 radical (unpaired) electrons. The van der Waals surface area contributed by atoms with Crippen molar-refractivity contribution in [3.63, 3.8) is 0 Å². The number of nitrogens with zero attached hydrogens (tertiary/aromatic N) is 3. The molecule has 22 heavy (non-hydrogen) atoms. The lowest BCUT2D eigenvalue weighted by molar-refractivity contribution is -0.384. The first-order chi connectivity index (χ1) is 10.5. The van der Waals surface area contributed by atoms with E-state index in [2.05, 4.69) is 15.3 Å². The zero-order valence-corrected chi connectivity index (χ0v) is 13.3. The second-order valence-corrected chi connectivity index (χ2v) is 6.34. The Morgan fingerprint density at radius 2 is 2.09 bits per heavy atom. The third-order valence-corrected chi connectivity index (χ3v) is 4.81. The molecule has 2 aromatic heterocycles. The maximum absolute atomic E-state index is 11.0. The van der Waals surface area contributed by atoms with Gasteiger partial charge in [0.05, 0.1) is 10.3 Å². The molecule has 1 N–H and O–H groups in total. The number of halogens is 1. The Labute approximate surface area is 134 Å². The van der Waals surface area contributed by atoms with Crippen LogP contribution in [0.25, 0.3) is 10.2 Å². The van der Waals surface area contributed by atoms with Crippen LogP contribution in [0.15, 0.2) is 24.5 Å². The molecule has 0 spiro atoms. The van der Waals surface area contributed by atoms with Gasteiger partial charge in [-0.25, -0.2) is 9.97 Å². The molecule has 0 atom stereocenters. The van der Waals surface area contributed by atoms with E-state index in [4.69, 9.17) is 11.6 Å². The molecule has 0 fully saturated rings. The zero-order valence-electron chi connectivity index (χ0n) is 11.8. The van der Waals surface area contributed by atoms with Gasteiger partial charge < -0.3 is 5.32 Å². The van der Waals surface area contributed by atoms with Crippen LogP contribution in [0.1, 0.15) is 10.4 Å². The summed E-state index contributed by atoms with van der Waals surface area (Å²) in [7, 11) is 0. The second-order valence-electron chi connectivity index (χ2n) is 4.73. The first kappa shape index (κ1) is 14.7. The summed E-state index contributed by atoms with van der Waals surface area (Å²) in [6.45, 7) is 4.03. The number of anilines is 2. The van der Waals surface area contributed by atoms with Crippen molar-refractivity contribution in [3.8, 4) is 0 Å². The molecular weight excluding hydrogens is 324 g/mol. The van der Waals surface area contributed by atoms with E-state index in [0.717, 1.165) is 15.8 Å². The number of rotatable bonds is 3. The van der Waals surface area contributed by atoms with Gasteiger partial charge >= 0.3 is 0 Å². The first-order valence-corrected chi connectivity index (χ1v) is 7.58. The fourth-order valence-corrected chi connectivity index (χ4v) is 3.33. The lowest BCUT2D eigenvalue weighted by atomic mass is 10.2. The summed E-state index contributed by atoms with van der Waals surface area (Å²) in [6, 6.07) is 4.56. The third kappa shape index (κ3) is 2.49. The molecule has 0 aliphatic rings. The van der Waals surface area contributed by atoms with Crippen LogP contribution in [0, 0.1) is 24.0 Å². The number of nitro groups is 1. The van der Waals surface area contributed by atoms with Crippen molar-refractivity contribution in [2.24, 2.45) is 0 Å². The van der Waals surface area contributed by atoms with Crippen molar-refractivity contribution >= 4 is 50.3 Å². The van der Waals surface area contributed by atoms with Crippen molar-refractivity contribution < 1.29 is 4.92 Å². The Morgan fingerprint density at radius 3 is 2.82 bits per heavy atom. The Bertz CT molecular complexity index is 894. The highest BCUT2D eigenvalue weighted by molar-refractivity contribution is 7.18. The quantitative estimate of drug-likeness (QED) is 0.558. The van der Waals surface area contributed by atoms with E-state index in [1.54, 1.807) is 17.4 Å². The van der Waals surface area contributed by atoms with E-state index in [9.17, 15) is 10.1 Å². The van der Waals surface area contributed by atoms with Gasteiger partial charge in [0.1, 0.15) is 22.0 Å². The molecule has 0 saturated carbocycles. The molecule has 0 aliphatic carbocycles. The minimum atomic E-state index is -0.511. The molecule has 0 aliphatic heterocycles. The van der Waals surface area contributed by atoms with Gasteiger partial charge in [0.25, 0.3) is 5.69 Å². The van der Waals surface area contributed by atoms with Crippen molar-refractivity contribution in [2.75, 3.05) is 5.32 Å². The van der Waals surface area contributed by atoms with Gasteiger partial charge in [0, 0.05) is 16.6 Å². The molecule has 0 bridgehead atoms. The predicted molar refractivity (Wildman–Crippen MR) is 88.3 cm³/mol. The van der Waals surface area contributed by atoms with Crippen molar-refractivity contribution in [1.82, 2.24) is 9.97 Å². The van der Waals surface area contributed by atoms with Crippen LogP contribution in [-0.2, 0) is 0 Å². The topological polar surface area (TPSA) is 81.0 Å². The van der Waals surface area contributed by atoms with E-state index in [1.807, 2.05) is 13.8 Å². The van der Waals surface area contributed by atoms with E-state index < -0.39 is 4.92 Å². The molecule has 8 heteroatoms. The number of benzene rings is 1. The maximum atomic E-state index is 11.0. The fourth-order valence-electron chi connectivity index (χ4n) is 2.14. The average molecular weight is 335 g/mol. The number of aromatic nitrogens is 2. The number of nitrogens with one attached hydrogen (secondary N) is 1. The summed E-state index contributed by atoms with van der Waals surface area (Å²) in [5, 5.41) is 15.1. The average Bonchev–Trinajstić information content (AvgIpc) is 2.77. The van der Waals surface area contributed by atoms with E-state index >= 15 is 0 Å². The van der Waals surface area contributed by atoms with Gasteiger partial charge in [-0.1, -0.05) is 11.6 Å². The van der Waals surface area contributed by atoms with Crippen molar-refractivity contribution in [3.05, 3.63) is 50.1 Å². The summed E-state index contributed by atoms with van der Waals surface area (Å²) >= 11 is 7.42. The SMILES string of the molecule is Cc1sc2ncnc(Nc3ccc(Cl)c([N+](=O)[O-])c3)c2c1C. The summed E-state index contributed by atoms with van der Waals surface area (Å²) in [6.07, 6.45) is 1.48. The zero-order chi connectivity index (χ0) is 15.9. The lowest BCUT2D eigenvalue weighted by Crippen LogP contribution is -1.97. The highest BCUT2D eigenvalue weighted by Gasteiger charge is 2.15.